The van der Waals surface area contributed by atoms with Gasteiger partial charge in [-0.1, -0.05) is 25.3 Å². The van der Waals surface area contributed by atoms with E-state index >= 15 is 0 Å². The number of nitrogens with zero attached hydrogens (tertiary/aromatic N) is 5. The smallest absolute Gasteiger partial charge is 0.430 e. The van der Waals surface area contributed by atoms with Crippen molar-refractivity contribution in [2.24, 2.45) is 0 Å². The SMILES string of the molecule is COc1c(N2CCOCC2)cc(C(=O)C[n+]2nc(N)n3nc(OC4CCCC4)ccc32)cc1C(C)(C)C.O=C([O-])C(F)(F)F. The van der Waals surface area contributed by atoms with Crippen molar-refractivity contribution in [3.05, 3.63) is 35.4 Å². The molecule has 1 aromatic carbocycles. The number of Topliss-reactive ketones (excluding diaryl/α,β-unsaturated/α-hetero) is 1. The van der Waals surface area contributed by atoms with Crippen molar-refractivity contribution in [1.82, 2.24) is 14.7 Å². The first-order valence-electron chi connectivity index (χ1n) is 14.3. The van der Waals surface area contributed by atoms with Crippen LogP contribution in [-0.2, 0) is 21.5 Å². The highest BCUT2D eigenvalue weighted by Crippen LogP contribution is 2.40. The molecule has 15 heteroatoms. The molecule has 2 aromatic heterocycles. The van der Waals surface area contributed by atoms with Crippen LogP contribution in [0.3, 0.4) is 0 Å². The number of halogens is 3. The second kappa shape index (κ2) is 13.2. The van der Waals surface area contributed by atoms with Crippen LogP contribution in [0.5, 0.6) is 11.6 Å². The minimum absolute atomic E-state index is 0.0314. The first-order valence-corrected chi connectivity index (χ1v) is 14.3. The molecule has 12 nitrogen and oxygen atoms in total. The normalized spacial score (nSPS) is 16.0. The van der Waals surface area contributed by atoms with E-state index in [9.17, 15) is 18.0 Å². The summed E-state index contributed by atoms with van der Waals surface area (Å²) in [4.78, 5) is 24.6. The topological polar surface area (TPSA) is 148 Å². The van der Waals surface area contributed by atoms with Gasteiger partial charge in [0.2, 0.25) is 5.78 Å². The maximum absolute atomic E-state index is 13.6. The lowest BCUT2D eigenvalue weighted by atomic mass is 9.84. The molecule has 0 atom stereocenters. The number of carboxylic acid groups (broad SMARTS) is 1. The van der Waals surface area contributed by atoms with Gasteiger partial charge in [0.1, 0.15) is 17.8 Å². The van der Waals surface area contributed by atoms with Gasteiger partial charge >= 0.3 is 17.8 Å². The van der Waals surface area contributed by atoms with Gasteiger partial charge in [0.15, 0.2) is 6.54 Å². The Morgan fingerprint density at radius 2 is 1.77 bits per heavy atom. The van der Waals surface area contributed by atoms with E-state index in [2.05, 4.69) is 35.9 Å². The highest BCUT2D eigenvalue weighted by atomic mass is 19.4. The van der Waals surface area contributed by atoms with Gasteiger partial charge in [-0.25, -0.2) is 0 Å². The molecule has 2 fully saturated rings. The lowest BCUT2D eigenvalue weighted by Gasteiger charge is -2.33. The number of carbonyl (C=O) groups excluding carboxylic acids is 2. The Kier molecular flexibility index (Phi) is 9.86. The van der Waals surface area contributed by atoms with Crippen molar-refractivity contribution < 1.29 is 46.8 Å². The van der Waals surface area contributed by atoms with E-state index in [1.807, 2.05) is 24.3 Å². The third kappa shape index (κ3) is 7.68. The molecule has 1 saturated heterocycles. The van der Waals surface area contributed by atoms with Crippen LogP contribution in [0, 0.1) is 0 Å². The Morgan fingerprint density at radius 1 is 1.14 bits per heavy atom. The Labute approximate surface area is 252 Å². The molecule has 0 unspecified atom stereocenters. The van der Waals surface area contributed by atoms with Gasteiger partial charge in [-0.3, -0.25) is 4.79 Å². The van der Waals surface area contributed by atoms with Crippen LogP contribution in [0.15, 0.2) is 24.3 Å². The number of hydrogen-bond donors (Lipinski definition) is 1. The van der Waals surface area contributed by atoms with Crippen LogP contribution in [0.4, 0.5) is 24.8 Å². The quantitative estimate of drug-likeness (QED) is 0.307. The first-order chi connectivity index (χ1) is 20.7. The molecule has 0 bridgehead atoms. The average Bonchev–Trinajstić information content (AvgIpc) is 3.59. The second-order valence-electron chi connectivity index (χ2n) is 11.6. The molecule has 0 amide bonds. The zero-order valence-corrected chi connectivity index (χ0v) is 25.1. The number of rotatable bonds is 7. The molecule has 2 N–H and O–H groups in total. The molecule has 1 saturated carbocycles. The van der Waals surface area contributed by atoms with Crippen LogP contribution in [0.1, 0.15) is 62.4 Å². The van der Waals surface area contributed by atoms with E-state index in [0.29, 0.717) is 30.3 Å². The van der Waals surface area contributed by atoms with Gasteiger partial charge in [0, 0.05) is 36.3 Å². The fraction of sp³-hybridized carbons (Fsp3) is 0.552. The molecule has 2 aliphatic rings. The molecule has 44 heavy (non-hydrogen) atoms. The molecular formula is C29H37F3N6O6. The summed E-state index contributed by atoms with van der Waals surface area (Å²) in [6.07, 6.45) is -0.567. The van der Waals surface area contributed by atoms with E-state index in [-0.39, 0.29) is 29.8 Å². The van der Waals surface area contributed by atoms with Gasteiger partial charge in [-0.15, -0.1) is 4.68 Å². The van der Waals surface area contributed by atoms with E-state index in [1.165, 1.54) is 17.4 Å². The first kappa shape index (κ1) is 32.8. The molecule has 5 rings (SSSR count). The van der Waals surface area contributed by atoms with Crippen molar-refractivity contribution in [3.63, 3.8) is 0 Å². The number of aromatic nitrogens is 4. The monoisotopic (exact) mass is 622 g/mol. The van der Waals surface area contributed by atoms with Gasteiger partial charge in [0.25, 0.3) is 5.88 Å². The number of fused-ring (bicyclic) bond motifs is 1. The van der Waals surface area contributed by atoms with Crippen molar-refractivity contribution in [2.75, 3.05) is 44.0 Å². The molecule has 3 heterocycles. The van der Waals surface area contributed by atoms with E-state index in [1.54, 1.807) is 11.8 Å². The molecule has 0 radical (unpaired) electrons. The number of ether oxygens (including phenoxy) is 3. The number of carbonyl (C=O) groups is 2. The number of carboxylic acids is 1. The van der Waals surface area contributed by atoms with E-state index < -0.39 is 12.1 Å². The number of nitrogens with two attached hydrogens (primary N) is 1. The predicted octanol–water partition coefficient (Wildman–Crippen LogP) is 2.24. The summed E-state index contributed by atoms with van der Waals surface area (Å²) in [5.41, 5.74) is 9.08. The minimum Gasteiger partial charge on any atom is -0.542 e. The number of ketones is 1. The fourth-order valence-electron chi connectivity index (χ4n) is 5.15. The van der Waals surface area contributed by atoms with Gasteiger partial charge in [0.05, 0.1) is 26.0 Å². The summed E-state index contributed by atoms with van der Waals surface area (Å²) in [5.74, 6) is -1.55. The summed E-state index contributed by atoms with van der Waals surface area (Å²) in [7, 11) is 1.68. The zero-order valence-electron chi connectivity index (χ0n) is 25.1. The second-order valence-corrected chi connectivity index (χ2v) is 11.6. The minimum atomic E-state index is -5.19. The fourth-order valence-corrected chi connectivity index (χ4v) is 5.15. The van der Waals surface area contributed by atoms with Gasteiger partial charge in [-0.2, -0.15) is 13.2 Å². The summed E-state index contributed by atoms with van der Waals surface area (Å²) in [6.45, 7) is 9.16. The van der Waals surface area contributed by atoms with E-state index in [4.69, 9.17) is 29.8 Å². The molecule has 240 valence electrons. The van der Waals surface area contributed by atoms with Crippen molar-refractivity contribution in [2.45, 2.75) is 70.7 Å². The standard InChI is InChI=1S/C27H37N6O4.C2HF3O2/c1-27(2,3)20-15-18(16-21(25(20)35-4)31-11-13-36-14-12-31)22(34)17-32-24-10-9-23(29-33(24)26(28)30-32)37-19-7-5-6-8-19;3-2(4,5)1(6)7/h9-10,15-16,19H,5-8,11-14,17H2,1-4H3,(H2,28,30);(H,6,7)/q+1;/p-1. The number of alkyl halides is 3. The number of morpholine rings is 1. The molecule has 3 aromatic rings. The van der Waals surface area contributed by atoms with Crippen molar-refractivity contribution in [3.8, 4) is 11.6 Å². The summed E-state index contributed by atoms with van der Waals surface area (Å²) < 4.78 is 52.1. The Bertz CT molecular complexity index is 1490. The number of hydrogen-bond acceptors (Lipinski definition) is 10. The Morgan fingerprint density at radius 3 is 2.34 bits per heavy atom. The summed E-state index contributed by atoms with van der Waals surface area (Å²) in [5, 5.41) is 17.7. The van der Waals surface area contributed by atoms with Crippen LogP contribution in [0.2, 0.25) is 0 Å². The number of benzene rings is 1. The number of nitrogen functional groups attached to an aromatic ring is 1. The third-order valence-corrected chi connectivity index (χ3v) is 7.36. The summed E-state index contributed by atoms with van der Waals surface area (Å²) in [6, 6.07) is 7.54. The maximum Gasteiger partial charge on any atom is 0.430 e. The summed E-state index contributed by atoms with van der Waals surface area (Å²) >= 11 is 0. The molecular weight excluding hydrogens is 585 g/mol. The highest BCUT2D eigenvalue weighted by molar-refractivity contribution is 5.97. The lowest BCUT2D eigenvalue weighted by Crippen LogP contribution is -2.41. The largest absolute Gasteiger partial charge is 0.542 e. The van der Waals surface area contributed by atoms with Crippen molar-refractivity contribution in [1.29, 1.82) is 0 Å². The highest BCUT2D eigenvalue weighted by Gasteiger charge is 2.30. The van der Waals surface area contributed by atoms with Crippen LogP contribution in [-0.4, -0.2) is 72.2 Å². The molecule has 1 aliphatic heterocycles. The molecule has 0 spiro atoms. The predicted molar refractivity (Wildman–Crippen MR) is 151 cm³/mol. The van der Waals surface area contributed by atoms with Crippen LogP contribution >= 0.6 is 0 Å². The Balaban J connectivity index is 0.000000566. The zero-order chi connectivity index (χ0) is 32.2. The van der Waals surface area contributed by atoms with E-state index in [0.717, 1.165) is 42.9 Å². The lowest BCUT2D eigenvalue weighted by molar-refractivity contribution is -0.714. The van der Waals surface area contributed by atoms with Crippen LogP contribution in [0.25, 0.3) is 5.65 Å². The number of anilines is 2. The number of aliphatic carboxylic acids is 1. The average molecular weight is 623 g/mol. The van der Waals surface area contributed by atoms with Crippen molar-refractivity contribution >= 4 is 29.0 Å². The van der Waals surface area contributed by atoms with Gasteiger partial charge < -0.3 is 34.7 Å². The van der Waals surface area contributed by atoms with Gasteiger partial charge in [-0.05, 0) is 53.4 Å². The molecule has 1 aliphatic carbocycles. The number of methoxy groups -OCH3 is 1. The third-order valence-electron chi connectivity index (χ3n) is 7.36. The maximum atomic E-state index is 13.6. The van der Waals surface area contributed by atoms with Crippen LogP contribution < -0.4 is 29.9 Å². The Hall–Kier alpha value is -4.14.